The first kappa shape index (κ1) is 25.4. The minimum Gasteiger partial charge on any atom is -0.508 e. The molecule has 2 aromatic carbocycles. The number of likely N-dealkylation sites (tertiary alicyclic amines) is 1. The monoisotopic (exact) mass is 454 g/mol. The maximum atomic E-state index is 9.73. The van der Waals surface area contributed by atoms with Crippen molar-refractivity contribution < 1.29 is 15.3 Å². The number of benzene rings is 2. The second kappa shape index (κ2) is 13.5. The molecule has 1 aliphatic rings. The van der Waals surface area contributed by atoms with Crippen molar-refractivity contribution >= 4 is 0 Å². The molecule has 1 atom stereocenters. The molecule has 2 aromatic rings. The molecule has 0 bridgehead atoms. The fourth-order valence-electron chi connectivity index (χ4n) is 4.88. The molecule has 1 aliphatic heterocycles. The molecule has 0 spiro atoms. The quantitative estimate of drug-likeness (QED) is 0.266. The predicted octanol–water partition coefficient (Wildman–Crippen LogP) is 5.33. The fourth-order valence-corrected chi connectivity index (χ4v) is 4.88. The van der Waals surface area contributed by atoms with Crippen LogP contribution in [0.15, 0.2) is 42.5 Å². The van der Waals surface area contributed by atoms with Crippen LogP contribution in [0.2, 0.25) is 0 Å². The third-order valence-corrected chi connectivity index (χ3v) is 6.91. The summed E-state index contributed by atoms with van der Waals surface area (Å²) in [6, 6.07) is 13.5. The molecule has 33 heavy (non-hydrogen) atoms. The van der Waals surface area contributed by atoms with Crippen LogP contribution in [0.1, 0.15) is 63.0 Å². The topological polar surface area (TPSA) is 67.2 Å². The third kappa shape index (κ3) is 8.56. The van der Waals surface area contributed by atoms with Crippen molar-refractivity contribution in [1.82, 2.24) is 9.80 Å². The lowest BCUT2D eigenvalue weighted by molar-refractivity contribution is 0.237. The van der Waals surface area contributed by atoms with Crippen molar-refractivity contribution in [3.63, 3.8) is 0 Å². The molecule has 0 aromatic heterocycles. The number of hydrogen-bond donors (Lipinski definition) is 3. The first-order valence-corrected chi connectivity index (χ1v) is 12.8. The molecule has 1 fully saturated rings. The molecule has 182 valence electrons. The van der Waals surface area contributed by atoms with Gasteiger partial charge in [-0.2, -0.15) is 0 Å². The van der Waals surface area contributed by atoms with Gasteiger partial charge >= 0.3 is 0 Å². The molecule has 5 nitrogen and oxygen atoms in total. The van der Waals surface area contributed by atoms with Crippen LogP contribution in [-0.4, -0.2) is 63.9 Å². The van der Waals surface area contributed by atoms with Crippen LogP contribution in [0.4, 0.5) is 0 Å². The molecule has 3 rings (SSSR count). The van der Waals surface area contributed by atoms with Crippen LogP contribution in [-0.2, 0) is 12.8 Å². The van der Waals surface area contributed by atoms with Gasteiger partial charge in [0.05, 0.1) is 0 Å². The van der Waals surface area contributed by atoms with Gasteiger partial charge in [-0.1, -0.05) is 38.0 Å². The van der Waals surface area contributed by atoms with Gasteiger partial charge in [-0.25, -0.2) is 0 Å². The van der Waals surface area contributed by atoms with E-state index in [1.54, 1.807) is 24.3 Å². The molecule has 1 heterocycles. The van der Waals surface area contributed by atoms with E-state index >= 15 is 0 Å². The zero-order valence-corrected chi connectivity index (χ0v) is 20.3. The summed E-state index contributed by atoms with van der Waals surface area (Å²) in [4.78, 5) is 5.22. The summed E-state index contributed by atoms with van der Waals surface area (Å²) in [5.74, 6) is 0.263. The zero-order chi connectivity index (χ0) is 23.5. The number of phenolic OH excluding ortho intramolecular Hbond substituents is 3. The Kier molecular flexibility index (Phi) is 10.4. The third-order valence-electron chi connectivity index (χ3n) is 6.91. The van der Waals surface area contributed by atoms with Crippen LogP contribution >= 0.6 is 0 Å². The highest BCUT2D eigenvalue weighted by Gasteiger charge is 2.24. The lowest BCUT2D eigenvalue weighted by atomic mass is 10.0. The van der Waals surface area contributed by atoms with E-state index in [0.717, 1.165) is 38.0 Å². The van der Waals surface area contributed by atoms with E-state index in [2.05, 4.69) is 28.9 Å². The Balaban J connectivity index is 1.36. The summed E-state index contributed by atoms with van der Waals surface area (Å²) < 4.78 is 0. The number of aromatic hydroxyl groups is 3. The van der Waals surface area contributed by atoms with Crippen molar-refractivity contribution in [2.24, 2.45) is 0 Å². The highest BCUT2D eigenvalue weighted by Crippen LogP contribution is 2.25. The highest BCUT2D eigenvalue weighted by molar-refractivity contribution is 5.40. The Morgan fingerprint density at radius 3 is 2.36 bits per heavy atom. The average molecular weight is 455 g/mol. The molecule has 5 heteroatoms. The maximum Gasteiger partial charge on any atom is 0.157 e. The molecule has 0 saturated carbocycles. The van der Waals surface area contributed by atoms with Gasteiger partial charge in [-0.15, -0.1) is 0 Å². The lowest BCUT2D eigenvalue weighted by Crippen LogP contribution is -2.32. The minimum atomic E-state index is -0.0510. The minimum absolute atomic E-state index is 0.0294. The van der Waals surface area contributed by atoms with Crippen molar-refractivity contribution in [2.45, 2.75) is 70.8 Å². The Morgan fingerprint density at radius 1 is 0.848 bits per heavy atom. The summed E-state index contributed by atoms with van der Waals surface area (Å²) in [6.45, 7) is 7.88. The maximum absolute atomic E-state index is 9.73. The normalized spacial score (nSPS) is 16.6. The summed E-state index contributed by atoms with van der Waals surface area (Å²) >= 11 is 0. The van der Waals surface area contributed by atoms with Gasteiger partial charge in [0.25, 0.3) is 0 Å². The Labute approximate surface area is 199 Å². The summed E-state index contributed by atoms with van der Waals surface area (Å²) in [5.41, 5.74) is 2.39. The molecule has 1 saturated heterocycles. The number of rotatable bonds is 14. The summed E-state index contributed by atoms with van der Waals surface area (Å²) in [5, 5.41) is 28.7. The lowest BCUT2D eigenvalue weighted by Gasteiger charge is -2.25. The molecule has 3 N–H and O–H groups in total. The van der Waals surface area contributed by atoms with Gasteiger partial charge in [0.15, 0.2) is 11.5 Å². The smallest absolute Gasteiger partial charge is 0.157 e. The SMILES string of the molecule is CCCCN(CCCCCN1CCCC1Cc1ccc(O)cc1)CCc1ccc(O)c(O)c1. The van der Waals surface area contributed by atoms with Gasteiger partial charge in [0, 0.05) is 12.6 Å². The van der Waals surface area contributed by atoms with E-state index < -0.39 is 0 Å². The second-order valence-electron chi connectivity index (χ2n) is 9.53. The van der Waals surface area contributed by atoms with E-state index in [-0.39, 0.29) is 11.5 Å². The number of unbranched alkanes of at least 4 members (excludes halogenated alkanes) is 3. The Morgan fingerprint density at radius 2 is 1.61 bits per heavy atom. The summed E-state index contributed by atoms with van der Waals surface area (Å²) in [6.07, 6.45) is 10.7. The van der Waals surface area contributed by atoms with Crippen molar-refractivity contribution in [3.8, 4) is 17.2 Å². The second-order valence-corrected chi connectivity index (χ2v) is 9.53. The van der Waals surface area contributed by atoms with Crippen LogP contribution in [0.25, 0.3) is 0 Å². The molecular weight excluding hydrogens is 412 g/mol. The predicted molar refractivity (Wildman–Crippen MR) is 135 cm³/mol. The number of phenols is 3. The van der Waals surface area contributed by atoms with E-state index in [1.165, 1.54) is 63.6 Å². The van der Waals surface area contributed by atoms with Gasteiger partial charge in [0.1, 0.15) is 5.75 Å². The van der Waals surface area contributed by atoms with Crippen LogP contribution in [0, 0.1) is 0 Å². The van der Waals surface area contributed by atoms with Crippen LogP contribution in [0.5, 0.6) is 17.2 Å². The first-order chi connectivity index (χ1) is 16.0. The Bertz CT molecular complexity index is 824. The Hall–Kier alpha value is -2.24. The molecule has 0 radical (unpaired) electrons. The van der Waals surface area contributed by atoms with Crippen molar-refractivity contribution in [1.29, 1.82) is 0 Å². The van der Waals surface area contributed by atoms with E-state index in [4.69, 9.17) is 0 Å². The van der Waals surface area contributed by atoms with E-state index in [1.807, 2.05) is 6.07 Å². The fraction of sp³-hybridized carbons (Fsp3) is 0.571. The van der Waals surface area contributed by atoms with Crippen LogP contribution in [0.3, 0.4) is 0 Å². The summed E-state index contributed by atoms with van der Waals surface area (Å²) in [7, 11) is 0. The zero-order valence-electron chi connectivity index (χ0n) is 20.3. The van der Waals surface area contributed by atoms with E-state index in [0.29, 0.717) is 11.8 Å². The van der Waals surface area contributed by atoms with Gasteiger partial charge < -0.3 is 25.1 Å². The highest BCUT2D eigenvalue weighted by atomic mass is 16.3. The van der Waals surface area contributed by atoms with Crippen LogP contribution < -0.4 is 0 Å². The largest absolute Gasteiger partial charge is 0.508 e. The molecule has 0 aliphatic carbocycles. The number of hydrogen-bond acceptors (Lipinski definition) is 5. The van der Waals surface area contributed by atoms with Crippen molar-refractivity contribution in [3.05, 3.63) is 53.6 Å². The van der Waals surface area contributed by atoms with E-state index in [9.17, 15) is 15.3 Å². The van der Waals surface area contributed by atoms with Crippen molar-refractivity contribution in [2.75, 3.05) is 32.7 Å². The number of nitrogens with zero attached hydrogens (tertiary/aromatic N) is 2. The first-order valence-electron chi connectivity index (χ1n) is 12.8. The van der Waals surface area contributed by atoms with Gasteiger partial charge in [0.2, 0.25) is 0 Å². The molecular formula is C28H42N2O3. The standard InChI is InChI=1S/C28H42N2O3/c1-2-3-16-29(20-15-24-11-14-27(32)28(33)22-24)17-5-4-6-18-30-19-7-8-25(30)21-23-9-12-26(31)13-10-23/h9-14,22,25,31-33H,2-8,15-21H2,1H3. The molecule has 0 amide bonds. The average Bonchev–Trinajstić information content (AvgIpc) is 3.25. The molecule has 1 unspecified atom stereocenters. The van der Waals surface area contributed by atoms with Gasteiger partial charge in [-0.05, 0) is 107 Å². The van der Waals surface area contributed by atoms with Gasteiger partial charge in [-0.3, -0.25) is 0 Å².